The van der Waals surface area contributed by atoms with Crippen LogP contribution in [0.2, 0.25) is 0 Å². The van der Waals surface area contributed by atoms with Crippen molar-refractivity contribution in [3.05, 3.63) is 29.8 Å². The Morgan fingerprint density at radius 1 is 1.35 bits per heavy atom. The molecule has 1 aromatic rings. The number of hydrogen-bond donors (Lipinski definition) is 1. The summed E-state index contributed by atoms with van der Waals surface area (Å²) in [4.78, 5) is 12.2. The summed E-state index contributed by atoms with van der Waals surface area (Å²) in [5.74, 6) is 0.642. The molecule has 0 radical (unpaired) electrons. The van der Waals surface area contributed by atoms with Gasteiger partial charge in [-0.2, -0.15) is 0 Å². The van der Waals surface area contributed by atoms with E-state index in [1.54, 1.807) is 14.0 Å². The van der Waals surface area contributed by atoms with Gasteiger partial charge in [0.1, 0.15) is 11.5 Å². The topological polar surface area (TPSA) is 65.0 Å². The first kappa shape index (κ1) is 17.9. The van der Waals surface area contributed by atoms with Crippen molar-refractivity contribution in [3.63, 3.8) is 0 Å². The zero-order valence-corrected chi connectivity index (χ0v) is 14.2. The molecule has 0 bridgehead atoms. The molecule has 0 unspecified atom stereocenters. The third kappa shape index (κ3) is 4.53. The van der Waals surface area contributed by atoms with E-state index in [1.807, 2.05) is 38.1 Å². The monoisotopic (exact) mass is 322 g/mol. The van der Waals surface area contributed by atoms with Gasteiger partial charge >= 0.3 is 0 Å². The van der Waals surface area contributed by atoms with Crippen LogP contribution in [0.15, 0.2) is 24.3 Å². The van der Waals surface area contributed by atoms with Crippen LogP contribution in [-0.4, -0.2) is 36.8 Å². The lowest BCUT2D eigenvalue weighted by Gasteiger charge is -2.38. The van der Waals surface area contributed by atoms with E-state index in [4.69, 9.17) is 14.2 Å². The fourth-order valence-corrected chi connectivity index (χ4v) is 2.86. The van der Waals surface area contributed by atoms with Crippen LogP contribution < -0.4 is 4.74 Å². The van der Waals surface area contributed by atoms with Gasteiger partial charge in [0.25, 0.3) is 0 Å². The number of ketones is 1. The first-order valence-electron chi connectivity index (χ1n) is 8.04. The van der Waals surface area contributed by atoms with E-state index in [-0.39, 0.29) is 30.1 Å². The maximum atomic E-state index is 12.2. The molecule has 5 nitrogen and oxygen atoms in total. The molecule has 1 N–H and O–H groups in total. The summed E-state index contributed by atoms with van der Waals surface area (Å²) >= 11 is 0. The number of benzene rings is 1. The second kappa shape index (κ2) is 7.90. The van der Waals surface area contributed by atoms with Crippen molar-refractivity contribution in [2.75, 3.05) is 13.7 Å². The van der Waals surface area contributed by atoms with E-state index in [1.165, 1.54) is 0 Å². The van der Waals surface area contributed by atoms with Crippen LogP contribution in [0.5, 0.6) is 5.75 Å². The summed E-state index contributed by atoms with van der Waals surface area (Å²) in [6.07, 6.45) is -1.18. The smallest absolute Gasteiger partial charge is 0.184 e. The van der Waals surface area contributed by atoms with E-state index >= 15 is 0 Å². The number of hydrogen-bond acceptors (Lipinski definition) is 5. The zero-order valence-electron chi connectivity index (χ0n) is 14.2. The maximum Gasteiger partial charge on any atom is 0.184 e. The number of carbonyl (C=O) groups excluding carboxylic acids is 1. The van der Waals surface area contributed by atoms with Crippen molar-refractivity contribution in [1.29, 1.82) is 0 Å². The van der Waals surface area contributed by atoms with Crippen LogP contribution in [0.4, 0.5) is 0 Å². The minimum Gasteiger partial charge on any atom is -0.497 e. The predicted molar refractivity (Wildman–Crippen MR) is 86.2 cm³/mol. The average Bonchev–Trinajstić information content (AvgIpc) is 2.54. The number of methoxy groups -OCH3 is 1. The van der Waals surface area contributed by atoms with E-state index in [2.05, 4.69) is 0 Å². The summed E-state index contributed by atoms with van der Waals surface area (Å²) in [6, 6.07) is 7.52. The highest BCUT2D eigenvalue weighted by Crippen LogP contribution is 2.33. The number of aliphatic hydroxyl groups is 1. The molecule has 1 aliphatic rings. The van der Waals surface area contributed by atoms with Crippen molar-refractivity contribution in [1.82, 2.24) is 0 Å². The minimum atomic E-state index is -0.627. The fourth-order valence-electron chi connectivity index (χ4n) is 2.86. The summed E-state index contributed by atoms with van der Waals surface area (Å²) < 4.78 is 17.0. The third-order valence-electron chi connectivity index (χ3n) is 4.24. The Hall–Kier alpha value is -1.43. The van der Waals surface area contributed by atoms with Gasteiger partial charge in [-0.25, -0.2) is 0 Å². The molecule has 0 saturated carbocycles. The standard InChI is InChI=1S/C18H26O5/c1-11-10-22-18(14-5-7-15(21-4)8-6-14)23-17(11)13(3)16(20)9-12(2)19/h5-8,11-13,17-19H,9-10H2,1-4H3/t11-,12-,13-,17-,18-/m0/s1. The number of aliphatic hydroxyl groups excluding tert-OH is 1. The molecule has 5 heteroatoms. The zero-order chi connectivity index (χ0) is 17.0. The first-order valence-corrected chi connectivity index (χ1v) is 8.04. The van der Waals surface area contributed by atoms with Gasteiger partial charge in [-0.15, -0.1) is 0 Å². The summed E-state index contributed by atoms with van der Waals surface area (Å²) in [5.41, 5.74) is 0.901. The summed E-state index contributed by atoms with van der Waals surface area (Å²) in [7, 11) is 1.62. The number of Topliss-reactive ketones (excluding diaryl/α,β-unsaturated/α-hetero) is 1. The molecule has 1 saturated heterocycles. The number of rotatable bonds is 6. The van der Waals surface area contributed by atoms with Crippen molar-refractivity contribution < 1.29 is 24.1 Å². The van der Waals surface area contributed by atoms with Crippen molar-refractivity contribution >= 4 is 5.78 Å². The lowest BCUT2D eigenvalue weighted by Crippen LogP contribution is -2.42. The second-order valence-electron chi connectivity index (χ2n) is 6.32. The molecule has 5 atom stereocenters. The highest BCUT2D eigenvalue weighted by atomic mass is 16.7. The van der Waals surface area contributed by atoms with Crippen LogP contribution in [0.25, 0.3) is 0 Å². The Bertz CT molecular complexity index is 511. The SMILES string of the molecule is COc1ccc([C@H]2OC[C@H](C)[C@@H]([C@@H](C)C(=O)C[C@H](C)O)O2)cc1. The van der Waals surface area contributed by atoms with Gasteiger partial charge in [0.2, 0.25) is 0 Å². The van der Waals surface area contributed by atoms with Gasteiger partial charge in [-0.1, -0.05) is 26.0 Å². The lowest BCUT2D eigenvalue weighted by molar-refractivity contribution is -0.247. The molecule has 128 valence electrons. The van der Waals surface area contributed by atoms with Crippen molar-refractivity contribution in [2.45, 2.75) is 45.7 Å². The molecule has 0 aromatic heterocycles. The normalized spacial score (nSPS) is 27.3. The molecule has 0 aliphatic carbocycles. The van der Waals surface area contributed by atoms with Crippen LogP contribution in [0.3, 0.4) is 0 Å². The number of carbonyl (C=O) groups is 1. The highest BCUT2D eigenvalue weighted by Gasteiger charge is 2.36. The van der Waals surface area contributed by atoms with Crippen LogP contribution in [0, 0.1) is 11.8 Å². The lowest BCUT2D eigenvalue weighted by atomic mass is 9.88. The van der Waals surface area contributed by atoms with Crippen molar-refractivity contribution in [2.24, 2.45) is 11.8 Å². The molecular formula is C18H26O5. The second-order valence-corrected chi connectivity index (χ2v) is 6.32. The van der Waals surface area contributed by atoms with Crippen LogP contribution >= 0.6 is 0 Å². The Kier molecular flexibility index (Phi) is 6.16. The molecule has 0 spiro atoms. The van der Waals surface area contributed by atoms with E-state index < -0.39 is 12.4 Å². The van der Waals surface area contributed by atoms with Crippen LogP contribution in [-0.2, 0) is 14.3 Å². The Balaban J connectivity index is 2.07. The maximum absolute atomic E-state index is 12.2. The van der Waals surface area contributed by atoms with Crippen LogP contribution in [0.1, 0.15) is 39.0 Å². The molecular weight excluding hydrogens is 296 g/mol. The predicted octanol–water partition coefficient (Wildman–Crippen LogP) is 2.72. The van der Waals surface area contributed by atoms with E-state index in [9.17, 15) is 9.90 Å². The van der Waals surface area contributed by atoms with Gasteiger partial charge in [-0.3, -0.25) is 4.79 Å². The quantitative estimate of drug-likeness (QED) is 0.872. The van der Waals surface area contributed by atoms with Crippen molar-refractivity contribution in [3.8, 4) is 5.75 Å². The van der Waals surface area contributed by atoms with Gasteiger partial charge in [-0.05, 0) is 19.1 Å². The first-order chi connectivity index (χ1) is 10.9. The van der Waals surface area contributed by atoms with Gasteiger partial charge < -0.3 is 19.3 Å². The van der Waals surface area contributed by atoms with E-state index in [0.717, 1.165) is 11.3 Å². The summed E-state index contributed by atoms with van der Waals surface area (Å²) in [5, 5.41) is 9.42. The largest absolute Gasteiger partial charge is 0.497 e. The Morgan fingerprint density at radius 2 is 2.00 bits per heavy atom. The van der Waals surface area contributed by atoms with Gasteiger partial charge in [0.05, 0.1) is 25.9 Å². The fraction of sp³-hybridized carbons (Fsp3) is 0.611. The Labute approximate surface area is 137 Å². The molecule has 1 aromatic carbocycles. The molecule has 2 rings (SSSR count). The molecule has 1 fully saturated rings. The highest BCUT2D eigenvalue weighted by molar-refractivity contribution is 5.81. The molecule has 23 heavy (non-hydrogen) atoms. The van der Waals surface area contributed by atoms with Gasteiger partial charge in [0, 0.05) is 23.8 Å². The third-order valence-corrected chi connectivity index (χ3v) is 4.24. The minimum absolute atomic E-state index is 0.0206. The van der Waals surface area contributed by atoms with E-state index in [0.29, 0.717) is 6.61 Å². The Morgan fingerprint density at radius 3 is 2.57 bits per heavy atom. The number of ether oxygens (including phenoxy) is 3. The molecule has 1 heterocycles. The van der Waals surface area contributed by atoms with Gasteiger partial charge in [0.15, 0.2) is 6.29 Å². The summed E-state index contributed by atoms with van der Waals surface area (Å²) in [6.45, 7) is 6.04. The average molecular weight is 322 g/mol. The molecule has 0 amide bonds. The molecule has 1 aliphatic heterocycles.